The van der Waals surface area contributed by atoms with Gasteiger partial charge in [0.2, 0.25) is 5.94 Å². The van der Waals surface area contributed by atoms with Crippen LogP contribution in [-0.2, 0) is 58.9 Å². The van der Waals surface area contributed by atoms with Crippen LogP contribution in [0.1, 0.15) is 99.3 Å². The normalized spacial score (nSPS) is 13.3. The maximum Gasteiger partial charge on any atom is 0.310 e. The molecule has 0 radical (unpaired) electrons. The summed E-state index contributed by atoms with van der Waals surface area (Å²) >= 11 is 0. The Hall–Kier alpha value is -0.483. The molecule has 0 aromatic heterocycles. The number of esters is 3. The van der Waals surface area contributed by atoms with E-state index in [0.717, 1.165) is 19.3 Å². The van der Waals surface area contributed by atoms with Crippen LogP contribution in [0.4, 0.5) is 0 Å². The van der Waals surface area contributed by atoms with Gasteiger partial charge in [-0.3, -0.25) is 18.9 Å². The summed E-state index contributed by atoms with van der Waals surface area (Å²) in [6.07, 6.45) is 6.22. The summed E-state index contributed by atoms with van der Waals surface area (Å²) in [5, 5.41) is 0. The number of hydrogen-bond donors (Lipinski definition) is 1. The summed E-state index contributed by atoms with van der Waals surface area (Å²) in [4.78, 5) is 33.6. The van der Waals surface area contributed by atoms with Gasteiger partial charge in [0, 0.05) is 41.7 Å². The molecule has 0 aromatic rings. The first kappa shape index (κ1) is 49.4. The van der Waals surface area contributed by atoms with Crippen molar-refractivity contribution in [2.75, 3.05) is 17.8 Å². The van der Waals surface area contributed by atoms with Crippen LogP contribution in [0.3, 0.4) is 0 Å². The summed E-state index contributed by atoms with van der Waals surface area (Å²) in [5.41, 5.74) is 0. The zero-order valence-electron chi connectivity index (χ0n) is 25.6. The quantitative estimate of drug-likeness (QED) is 0.119. The average Bonchev–Trinajstić information content (AvgIpc) is 2.88. The van der Waals surface area contributed by atoms with E-state index >= 15 is 0 Å². The van der Waals surface area contributed by atoms with Crippen LogP contribution < -0.4 is 0 Å². The second-order valence-electron chi connectivity index (χ2n) is 9.12. The molecular weight excluding hydrogens is 765 g/mol. The molecule has 0 saturated heterocycles. The molecule has 19 heteroatoms. The number of carbonyl (C=O) groups is 3. The summed E-state index contributed by atoms with van der Waals surface area (Å²) in [6.45, 7) is 11.2. The van der Waals surface area contributed by atoms with Crippen molar-refractivity contribution in [3.8, 4) is 0 Å². The zero-order chi connectivity index (χ0) is 33.6. The Morgan fingerprint density at radius 2 is 0.791 bits per heavy atom. The molecule has 1 N–H and O–H groups in total. The number of carbonyl (C=O) groups excluding carboxylic acids is 3. The van der Waals surface area contributed by atoms with Crippen molar-refractivity contribution in [3.05, 3.63) is 0 Å². The fourth-order valence-electron chi connectivity index (χ4n) is 3.26. The smallest absolute Gasteiger partial charge is 0.310 e. The van der Waals surface area contributed by atoms with Crippen molar-refractivity contribution in [2.24, 2.45) is 17.8 Å². The molecule has 0 bridgehead atoms. The summed E-state index contributed by atoms with van der Waals surface area (Å²) in [6, 6.07) is 0. The van der Waals surface area contributed by atoms with Gasteiger partial charge in [-0.25, -0.2) is 16.8 Å². The molecule has 0 fully saturated rings. The average molecular weight is 811 g/mol. The van der Waals surface area contributed by atoms with E-state index in [1.807, 2.05) is 41.5 Å². The van der Waals surface area contributed by atoms with Crippen LogP contribution in [0, 0.1) is 59.5 Å². The van der Waals surface area contributed by atoms with Crippen LogP contribution >= 0.6 is 0 Å². The van der Waals surface area contributed by atoms with E-state index in [1.54, 1.807) is 0 Å². The predicted molar refractivity (Wildman–Crippen MR) is 150 cm³/mol. The SMILES string of the molecule is CCCC(CC)C(=O)OCS(=O)(=O)O.CCCC(CC)C(=O)OCS(=O)(=O)[O-].CCCC(CC)C(=O)OCS(=O)(=O)[O-].[Ce]. The minimum atomic E-state index is -4.47. The molecular formula is C24H46CeO15S3-2. The molecule has 0 aliphatic heterocycles. The molecule has 0 aliphatic carbocycles. The minimum Gasteiger partial charge on any atom is -0.745 e. The molecule has 0 spiro atoms. The summed E-state index contributed by atoms with van der Waals surface area (Å²) < 4.78 is 103. The summed E-state index contributed by atoms with van der Waals surface area (Å²) in [5.74, 6) is -5.73. The van der Waals surface area contributed by atoms with E-state index in [9.17, 15) is 48.7 Å². The van der Waals surface area contributed by atoms with Crippen LogP contribution in [0.5, 0.6) is 0 Å². The second-order valence-corrected chi connectivity index (χ2v) is 13.2. The van der Waals surface area contributed by atoms with Crippen LogP contribution in [0.25, 0.3) is 0 Å². The molecule has 0 saturated carbocycles. The second kappa shape index (κ2) is 26.7. The van der Waals surface area contributed by atoms with Gasteiger partial charge in [-0.15, -0.1) is 0 Å². The van der Waals surface area contributed by atoms with Crippen molar-refractivity contribution >= 4 is 48.3 Å². The van der Waals surface area contributed by atoms with Crippen molar-refractivity contribution in [2.45, 2.75) is 99.3 Å². The van der Waals surface area contributed by atoms with Crippen molar-refractivity contribution < 1.29 is 109 Å². The Balaban J connectivity index is -0.000000262. The third kappa shape index (κ3) is 32.7. The molecule has 0 rings (SSSR count). The maximum absolute atomic E-state index is 11.2. The van der Waals surface area contributed by atoms with Gasteiger partial charge < -0.3 is 23.3 Å². The van der Waals surface area contributed by atoms with Crippen molar-refractivity contribution in [3.63, 3.8) is 0 Å². The molecule has 0 amide bonds. The van der Waals surface area contributed by atoms with Crippen molar-refractivity contribution in [1.82, 2.24) is 0 Å². The Labute approximate surface area is 290 Å². The Kier molecular flexibility index (Phi) is 30.7. The van der Waals surface area contributed by atoms with Gasteiger partial charge in [-0.2, -0.15) is 8.42 Å². The van der Waals surface area contributed by atoms with E-state index in [4.69, 9.17) is 4.55 Å². The van der Waals surface area contributed by atoms with Gasteiger partial charge in [0.15, 0.2) is 11.9 Å². The first-order chi connectivity index (χ1) is 19.2. The third-order valence-corrected chi connectivity index (χ3v) is 6.66. The number of hydrogen-bond acceptors (Lipinski definition) is 14. The van der Waals surface area contributed by atoms with Crippen LogP contribution in [0.2, 0.25) is 0 Å². The van der Waals surface area contributed by atoms with E-state index in [0.29, 0.717) is 38.5 Å². The molecule has 0 heterocycles. The number of ether oxygens (including phenoxy) is 3. The maximum atomic E-state index is 11.2. The molecule has 3 unspecified atom stereocenters. The standard InChI is InChI=1S/3C8H16O5S.Ce/c3*1-3-5-7(4-2)8(9)13-6-14(10,11)12;/h3*7H,3-6H2,1-2H3,(H,10,11,12);/p-2. The van der Waals surface area contributed by atoms with Gasteiger partial charge in [-0.05, 0) is 38.5 Å². The van der Waals surface area contributed by atoms with Gasteiger partial charge in [0.1, 0.15) is 20.2 Å². The topological polar surface area (TPSA) is 248 Å². The first-order valence-electron chi connectivity index (χ1n) is 13.5. The van der Waals surface area contributed by atoms with Crippen LogP contribution in [-0.4, -0.2) is 74.6 Å². The van der Waals surface area contributed by atoms with E-state index in [2.05, 4.69) is 14.2 Å². The van der Waals surface area contributed by atoms with Crippen LogP contribution in [0.15, 0.2) is 0 Å². The van der Waals surface area contributed by atoms with Crippen molar-refractivity contribution in [1.29, 1.82) is 0 Å². The third-order valence-electron chi connectivity index (χ3n) is 5.43. The van der Waals surface area contributed by atoms with Gasteiger partial charge in [-0.1, -0.05) is 60.8 Å². The van der Waals surface area contributed by atoms with Gasteiger partial charge >= 0.3 is 28.0 Å². The first-order valence-corrected chi connectivity index (χ1v) is 18.3. The number of rotatable bonds is 18. The van der Waals surface area contributed by atoms with Gasteiger partial charge in [0.25, 0.3) is 0 Å². The Bertz CT molecular complexity index is 953. The van der Waals surface area contributed by atoms with E-state index in [1.165, 1.54) is 0 Å². The minimum absolute atomic E-state index is 0. The Morgan fingerprint density at radius 3 is 0.953 bits per heavy atom. The zero-order valence-corrected chi connectivity index (χ0v) is 31.2. The van der Waals surface area contributed by atoms with Gasteiger partial charge in [0.05, 0.1) is 17.8 Å². The molecule has 0 aliphatic rings. The molecule has 43 heavy (non-hydrogen) atoms. The molecule has 256 valence electrons. The summed E-state index contributed by atoms with van der Waals surface area (Å²) in [7, 11) is -13.2. The molecule has 3 atom stereocenters. The molecule has 15 nitrogen and oxygen atoms in total. The fraction of sp³-hybridized carbons (Fsp3) is 0.875. The predicted octanol–water partition coefficient (Wildman–Crippen LogP) is 2.92. The Morgan fingerprint density at radius 1 is 0.558 bits per heavy atom. The largest absolute Gasteiger partial charge is 0.745 e. The fourth-order valence-corrected chi connectivity index (χ4v) is 4.04. The molecule has 0 aromatic carbocycles. The van der Waals surface area contributed by atoms with E-state index < -0.39 is 66.1 Å². The monoisotopic (exact) mass is 810 g/mol. The van der Waals surface area contributed by atoms with E-state index in [-0.39, 0.29) is 59.5 Å².